The molecule has 1 atom stereocenters. The molecule has 1 N–H and O–H groups in total. The van der Waals surface area contributed by atoms with Crippen molar-refractivity contribution in [2.24, 2.45) is 7.05 Å². The normalized spacial score (nSPS) is 18.4. The second kappa shape index (κ2) is 6.56. The minimum absolute atomic E-state index is 0.241. The van der Waals surface area contributed by atoms with Gasteiger partial charge in [0.1, 0.15) is 0 Å². The molecule has 2 aromatic rings. The fraction of sp³-hybridized carbons (Fsp3) is 0.588. The first-order chi connectivity index (χ1) is 11.0. The Morgan fingerprint density at radius 1 is 1.43 bits per heavy atom. The Hall–Kier alpha value is -2.11. The van der Waals surface area contributed by atoms with Crippen molar-refractivity contribution in [2.75, 3.05) is 13.1 Å². The molecule has 23 heavy (non-hydrogen) atoms. The van der Waals surface area contributed by atoms with E-state index in [9.17, 15) is 4.79 Å². The topological polar surface area (TPSA) is 66.8 Å². The number of aromatic amines is 1. The van der Waals surface area contributed by atoms with Crippen molar-refractivity contribution in [3.8, 4) is 0 Å². The van der Waals surface area contributed by atoms with Crippen molar-refractivity contribution >= 4 is 5.91 Å². The van der Waals surface area contributed by atoms with Crippen molar-refractivity contribution in [1.82, 2.24) is 24.9 Å². The van der Waals surface area contributed by atoms with E-state index in [1.807, 2.05) is 36.7 Å². The molecule has 0 spiro atoms. The summed E-state index contributed by atoms with van der Waals surface area (Å²) in [7, 11) is 1.92. The van der Waals surface area contributed by atoms with Gasteiger partial charge in [-0.15, -0.1) is 0 Å². The summed E-state index contributed by atoms with van der Waals surface area (Å²) in [5.41, 5.74) is 4.35. The van der Waals surface area contributed by atoms with Crippen molar-refractivity contribution in [3.63, 3.8) is 0 Å². The van der Waals surface area contributed by atoms with Gasteiger partial charge in [0, 0.05) is 44.4 Å². The molecule has 0 aromatic carbocycles. The van der Waals surface area contributed by atoms with Gasteiger partial charge in [-0.1, -0.05) is 0 Å². The molecule has 3 rings (SSSR count). The average Bonchev–Trinajstić information content (AvgIpc) is 3.10. The second-order valence-electron chi connectivity index (χ2n) is 6.57. The highest BCUT2D eigenvalue weighted by Crippen LogP contribution is 2.26. The first-order valence-electron chi connectivity index (χ1n) is 8.31. The molecular weight excluding hydrogens is 290 g/mol. The predicted molar refractivity (Wildman–Crippen MR) is 88.1 cm³/mol. The molecular formula is C17H25N5O. The fourth-order valence-electron chi connectivity index (χ4n) is 3.39. The number of hydrogen-bond acceptors (Lipinski definition) is 3. The highest BCUT2D eigenvalue weighted by molar-refractivity contribution is 5.76. The van der Waals surface area contributed by atoms with Gasteiger partial charge < -0.3 is 4.90 Å². The third-order valence-electron chi connectivity index (χ3n) is 4.64. The van der Waals surface area contributed by atoms with E-state index in [1.54, 1.807) is 0 Å². The van der Waals surface area contributed by atoms with E-state index in [0.29, 0.717) is 12.3 Å². The first-order valence-corrected chi connectivity index (χ1v) is 8.31. The Labute approximate surface area is 136 Å². The van der Waals surface area contributed by atoms with Crippen molar-refractivity contribution < 1.29 is 4.79 Å². The summed E-state index contributed by atoms with van der Waals surface area (Å²) < 4.78 is 1.81. The lowest BCUT2D eigenvalue weighted by atomic mass is 9.94. The van der Waals surface area contributed by atoms with Crippen LogP contribution >= 0.6 is 0 Å². The monoisotopic (exact) mass is 315 g/mol. The maximum absolute atomic E-state index is 12.5. The molecule has 1 fully saturated rings. The van der Waals surface area contributed by atoms with Crippen molar-refractivity contribution in [3.05, 3.63) is 34.9 Å². The van der Waals surface area contributed by atoms with Gasteiger partial charge in [-0.25, -0.2) is 0 Å². The molecule has 2 aromatic heterocycles. The molecule has 124 valence electrons. The average molecular weight is 315 g/mol. The third kappa shape index (κ3) is 3.63. The SMILES string of the molecule is Cc1cc([C@H]2CCCN(C(=O)CCc3cn(C)nc3C)C2)n[nH]1. The molecule has 0 radical (unpaired) electrons. The second-order valence-corrected chi connectivity index (χ2v) is 6.57. The van der Waals surface area contributed by atoms with E-state index < -0.39 is 0 Å². The minimum atomic E-state index is 0.241. The van der Waals surface area contributed by atoms with Gasteiger partial charge in [0.15, 0.2) is 0 Å². The number of likely N-dealkylation sites (tertiary alicyclic amines) is 1. The number of H-pyrrole nitrogens is 1. The number of amides is 1. The van der Waals surface area contributed by atoms with E-state index in [-0.39, 0.29) is 5.91 Å². The molecule has 0 aliphatic carbocycles. The van der Waals surface area contributed by atoms with E-state index in [4.69, 9.17) is 0 Å². The number of carbonyl (C=O) groups excluding carboxylic acids is 1. The summed E-state index contributed by atoms with van der Waals surface area (Å²) in [5.74, 6) is 0.600. The Balaban J connectivity index is 1.57. The van der Waals surface area contributed by atoms with Gasteiger partial charge in [-0.3, -0.25) is 14.6 Å². The van der Waals surface area contributed by atoms with Crippen LogP contribution in [0.5, 0.6) is 0 Å². The predicted octanol–water partition coefficient (Wildman–Crippen LogP) is 2.10. The molecule has 0 bridgehead atoms. The third-order valence-corrected chi connectivity index (χ3v) is 4.64. The van der Waals surface area contributed by atoms with E-state index in [0.717, 1.165) is 55.0 Å². The van der Waals surface area contributed by atoms with Crippen LogP contribution in [0.4, 0.5) is 0 Å². The lowest BCUT2D eigenvalue weighted by molar-refractivity contribution is -0.132. The van der Waals surface area contributed by atoms with Gasteiger partial charge in [-0.05, 0) is 44.7 Å². The summed E-state index contributed by atoms with van der Waals surface area (Å²) in [4.78, 5) is 14.5. The van der Waals surface area contributed by atoms with E-state index in [1.165, 1.54) is 0 Å². The van der Waals surface area contributed by atoms with Crippen LogP contribution in [0.2, 0.25) is 0 Å². The lowest BCUT2D eigenvalue weighted by Crippen LogP contribution is -2.39. The largest absolute Gasteiger partial charge is 0.342 e. The molecule has 3 heterocycles. The van der Waals surface area contributed by atoms with Crippen LogP contribution in [0, 0.1) is 13.8 Å². The van der Waals surface area contributed by atoms with Crippen LogP contribution < -0.4 is 0 Å². The molecule has 6 nitrogen and oxygen atoms in total. The Morgan fingerprint density at radius 3 is 2.91 bits per heavy atom. The summed E-state index contributed by atoms with van der Waals surface area (Å²) in [5, 5.41) is 11.7. The number of piperidine rings is 1. The number of rotatable bonds is 4. The number of aryl methyl sites for hydroxylation is 4. The van der Waals surface area contributed by atoms with Gasteiger partial charge in [0.05, 0.1) is 11.4 Å². The van der Waals surface area contributed by atoms with Crippen LogP contribution in [0.25, 0.3) is 0 Å². The highest BCUT2D eigenvalue weighted by Gasteiger charge is 2.26. The van der Waals surface area contributed by atoms with Crippen LogP contribution in [0.15, 0.2) is 12.3 Å². The fourth-order valence-corrected chi connectivity index (χ4v) is 3.39. The van der Waals surface area contributed by atoms with E-state index >= 15 is 0 Å². The van der Waals surface area contributed by atoms with Gasteiger partial charge >= 0.3 is 0 Å². The van der Waals surface area contributed by atoms with Gasteiger partial charge in [-0.2, -0.15) is 10.2 Å². The summed E-state index contributed by atoms with van der Waals surface area (Å²) in [6.45, 7) is 5.66. The molecule has 6 heteroatoms. The summed E-state index contributed by atoms with van der Waals surface area (Å²) >= 11 is 0. The van der Waals surface area contributed by atoms with Crippen LogP contribution in [0.3, 0.4) is 0 Å². The zero-order chi connectivity index (χ0) is 16.4. The van der Waals surface area contributed by atoms with Crippen LogP contribution in [-0.4, -0.2) is 43.9 Å². The molecule has 1 aliphatic heterocycles. The highest BCUT2D eigenvalue weighted by atomic mass is 16.2. The standard InChI is InChI=1S/C17H25N5O/c1-12-9-16(19-18-12)15-5-4-8-22(11-15)17(23)7-6-14-10-21(3)20-13(14)2/h9-10,15H,4-8,11H2,1-3H3,(H,18,19)/t15-/m0/s1. The number of aromatic nitrogens is 4. The van der Waals surface area contributed by atoms with Crippen LogP contribution in [-0.2, 0) is 18.3 Å². The molecule has 1 aliphatic rings. The quantitative estimate of drug-likeness (QED) is 0.939. The maximum atomic E-state index is 12.5. The lowest BCUT2D eigenvalue weighted by Gasteiger charge is -2.32. The Bertz CT molecular complexity index is 687. The molecule has 0 saturated carbocycles. The first kappa shape index (κ1) is 15.8. The van der Waals surface area contributed by atoms with Gasteiger partial charge in [0.25, 0.3) is 0 Å². The van der Waals surface area contributed by atoms with Gasteiger partial charge in [0.2, 0.25) is 5.91 Å². The summed E-state index contributed by atoms with van der Waals surface area (Å²) in [6.07, 6.45) is 5.48. The number of nitrogens with zero attached hydrogens (tertiary/aromatic N) is 4. The molecule has 0 unspecified atom stereocenters. The Morgan fingerprint density at radius 2 is 2.26 bits per heavy atom. The minimum Gasteiger partial charge on any atom is -0.342 e. The smallest absolute Gasteiger partial charge is 0.222 e. The Kier molecular flexibility index (Phi) is 4.50. The van der Waals surface area contributed by atoms with Crippen LogP contribution in [0.1, 0.15) is 47.8 Å². The zero-order valence-corrected chi connectivity index (χ0v) is 14.2. The summed E-state index contributed by atoms with van der Waals surface area (Å²) in [6, 6.07) is 2.09. The molecule has 1 amide bonds. The van der Waals surface area contributed by atoms with E-state index in [2.05, 4.69) is 21.4 Å². The molecule has 1 saturated heterocycles. The van der Waals surface area contributed by atoms with Crippen molar-refractivity contribution in [1.29, 1.82) is 0 Å². The zero-order valence-electron chi connectivity index (χ0n) is 14.2. The number of carbonyl (C=O) groups is 1. The number of nitrogens with one attached hydrogen (secondary N) is 1. The maximum Gasteiger partial charge on any atom is 0.222 e. The van der Waals surface area contributed by atoms with Crippen molar-refractivity contribution in [2.45, 2.75) is 45.4 Å². The number of hydrogen-bond donors (Lipinski definition) is 1.